The maximum Gasteiger partial charge on any atom is 0.277 e. The molecule has 3 atom stereocenters. The monoisotopic (exact) mass is 479 g/mol. The first-order valence-corrected chi connectivity index (χ1v) is 10.9. The zero-order valence-corrected chi connectivity index (χ0v) is 18.3. The fourth-order valence-electron chi connectivity index (χ4n) is 5.23. The van der Waals surface area contributed by atoms with Gasteiger partial charge in [0.25, 0.3) is 11.8 Å². The van der Waals surface area contributed by atoms with Crippen molar-refractivity contribution in [3.8, 4) is 5.75 Å². The van der Waals surface area contributed by atoms with E-state index in [9.17, 15) is 28.3 Å². The maximum atomic E-state index is 14.1. The summed E-state index contributed by atoms with van der Waals surface area (Å²) in [5.74, 6) is -4.18. The predicted molar refractivity (Wildman–Crippen MR) is 112 cm³/mol. The van der Waals surface area contributed by atoms with Gasteiger partial charge in [-0.25, -0.2) is 8.78 Å². The minimum Gasteiger partial charge on any atom is -0.503 e. The standard InChI is InChI=1S/C22H20ClF2N3O5/c1-10-9-33-22-6-2-3-14(22)27-8-12(18(29)19(30)17(27)21(32)28(10)22)20(31)26-7-11-4-5-13(24)15(23)16(11)25/h4-5,8,10,14,30H,2-3,6-7,9H2,1H3,(H,26,31)/t10-,14?,22+/m1/s1. The van der Waals surface area contributed by atoms with E-state index in [1.165, 1.54) is 10.8 Å². The van der Waals surface area contributed by atoms with E-state index in [1.807, 2.05) is 6.92 Å². The highest BCUT2D eigenvalue weighted by molar-refractivity contribution is 6.30. The van der Waals surface area contributed by atoms with Crippen LogP contribution in [0, 0.1) is 11.6 Å². The number of benzene rings is 1. The van der Waals surface area contributed by atoms with Crippen molar-refractivity contribution in [1.29, 1.82) is 0 Å². The third-order valence-corrected chi connectivity index (χ3v) is 7.07. The second kappa shape index (κ2) is 7.53. The summed E-state index contributed by atoms with van der Waals surface area (Å²) >= 11 is 5.56. The molecule has 33 heavy (non-hydrogen) atoms. The Kier molecular flexibility index (Phi) is 4.98. The fourth-order valence-corrected chi connectivity index (χ4v) is 5.41. The van der Waals surface area contributed by atoms with Crippen LogP contribution in [0.1, 0.15) is 58.6 Å². The zero-order chi connectivity index (χ0) is 23.7. The molecule has 1 aromatic carbocycles. The molecule has 3 aliphatic rings. The van der Waals surface area contributed by atoms with Crippen LogP contribution in [0.5, 0.6) is 5.75 Å². The highest BCUT2D eigenvalue weighted by Crippen LogP contribution is 2.52. The lowest BCUT2D eigenvalue weighted by Gasteiger charge is -2.45. The molecule has 1 saturated carbocycles. The number of aromatic hydroxyl groups is 1. The van der Waals surface area contributed by atoms with E-state index in [0.29, 0.717) is 19.4 Å². The van der Waals surface area contributed by atoms with Gasteiger partial charge in [0.2, 0.25) is 5.43 Å². The quantitative estimate of drug-likeness (QED) is 0.659. The molecule has 8 nitrogen and oxygen atoms in total. The number of nitrogens with one attached hydrogen (secondary N) is 1. The van der Waals surface area contributed by atoms with E-state index in [0.717, 1.165) is 18.6 Å². The van der Waals surface area contributed by atoms with Gasteiger partial charge in [0, 0.05) is 18.3 Å². The lowest BCUT2D eigenvalue weighted by molar-refractivity contribution is -0.101. The second-order valence-corrected chi connectivity index (χ2v) is 8.96. The number of ether oxygens (including phenoxy) is 1. The molecule has 2 fully saturated rings. The maximum absolute atomic E-state index is 14.1. The molecule has 1 aliphatic carbocycles. The van der Waals surface area contributed by atoms with E-state index in [1.54, 1.807) is 4.90 Å². The minimum absolute atomic E-state index is 0.0778. The SMILES string of the molecule is C[C@@H]1CO[C@@]23CCCC2n2cc(C(=O)NCc4ccc(F)c(Cl)c4F)c(=O)c(O)c2C(=O)N13. The lowest BCUT2D eigenvalue weighted by atomic mass is 9.98. The van der Waals surface area contributed by atoms with Gasteiger partial charge in [0.05, 0.1) is 18.7 Å². The largest absolute Gasteiger partial charge is 0.503 e. The van der Waals surface area contributed by atoms with E-state index in [-0.39, 0.29) is 29.9 Å². The molecule has 11 heteroatoms. The smallest absolute Gasteiger partial charge is 0.277 e. The van der Waals surface area contributed by atoms with E-state index >= 15 is 0 Å². The molecule has 1 spiro atoms. The normalized spacial score (nSPS) is 25.6. The predicted octanol–water partition coefficient (Wildman–Crippen LogP) is 2.71. The van der Waals surface area contributed by atoms with Crippen LogP contribution in [0.25, 0.3) is 0 Å². The van der Waals surface area contributed by atoms with Crippen molar-refractivity contribution in [2.75, 3.05) is 6.61 Å². The van der Waals surface area contributed by atoms with Crippen molar-refractivity contribution < 1.29 is 28.2 Å². The van der Waals surface area contributed by atoms with Gasteiger partial charge in [0.15, 0.2) is 17.2 Å². The third-order valence-electron chi connectivity index (χ3n) is 6.72. The molecule has 2 aromatic rings. The van der Waals surface area contributed by atoms with E-state index < -0.39 is 50.9 Å². The molecule has 1 unspecified atom stereocenters. The average molecular weight is 480 g/mol. The highest BCUT2D eigenvalue weighted by atomic mass is 35.5. The molecule has 2 aliphatic heterocycles. The van der Waals surface area contributed by atoms with Crippen LogP contribution in [0.4, 0.5) is 8.78 Å². The number of carbonyl (C=O) groups is 2. The minimum atomic E-state index is -1.02. The molecule has 1 saturated heterocycles. The Hall–Kier alpha value is -2.98. The number of aromatic nitrogens is 1. The van der Waals surface area contributed by atoms with Gasteiger partial charge >= 0.3 is 0 Å². The number of hydrogen-bond donors (Lipinski definition) is 2. The molecule has 3 heterocycles. The Morgan fingerprint density at radius 3 is 2.88 bits per heavy atom. The van der Waals surface area contributed by atoms with Gasteiger partial charge in [-0.1, -0.05) is 17.7 Å². The van der Waals surface area contributed by atoms with E-state index in [4.69, 9.17) is 16.3 Å². The third kappa shape index (κ3) is 3.00. The van der Waals surface area contributed by atoms with Gasteiger partial charge in [-0.3, -0.25) is 14.4 Å². The number of pyridine rings is 1. The number of fused-ring (bicyclic) bond motifs is 2. The summed E-state index contributed by atoms with van der Waals surface area (Å²) in [7, 11) is 0. The lowest BCUT2D eigenvalue weighted by Crippen LogP contribution is -2.58. The van der Waals surface area contributed by atoms with Gasteiger partial charge in [-0.15, -0.1) is 0 Å². The van der Waals surface area contributed by atoms with Crippen LogP contribution < -0.4 is 10.7 Å². The molecule has 5 rings (SSSR count). The van der Waals surface area contributed by atoms with Crippen molar-refractivity contribution >= 4 is 23.4 Å². The first-order chi connectivity index (χ1) is 15.7. The zero-order valence-electron chi connectivity index (χ0n) is 17.5. The van der Waals surface area contributed by atoms with Crippen LogP contribution in [0.3, 0.4) is 0 Å². The number of rotatable bonds is 3. The van der Waals surface area contributed by atoms with Crippen LogP contribution >= 0.6 is 11.6 Å². The van der Waals surface area contributed by atoms with Crippen LogP contribution in [-0.2, 0) is 11.3 Å². The second-order valence-electron chi connectivity index (χ2n) is 8.58. The summed E-state index contributed by atoms with van der Waals surface area (Å²) in [5, 5.41) is 12.3. The Morgan fingerprint density at radius 1 is 1.36 bits per heavy atom. The number of nitrogens with zero attached hydrogens (tertiary/aromatic N) is 2. The van der Waals surface area contributed by atoms with Crippen molar-refractivity contribution in [3.05, 3.63) is 62.0 Å². The summed E-state index contributed by atoms with van der Waals surface area (Å²) in [5.41, 5.74) is -2.55. The Labute approximate surface area is 191 Å². The van der Waals surface area contributed by atoms with Crippen molar-refractivity contribution in [1.82, 2.24) is 14.8 Å². The Bertz CT molecular complexity index is 1270. The molecule has 0 bridgehead atoms. The molecule has 1 aromatic heterocycles. The Balaban J connectivity index is 1.52. The summed E-state index contributed by atoms with van der Waals surface area (Å²) < 4.78 is 35.0. The topological polar surface area (TPSA) is 101 Å². The summed E-state index contributed by atoms with van der Waals surface area (Å²) in [4.78, 5) is 40.4. The molecule has 0 radical (unpaired) electrons. The van der Waals surface area contributed by atoms with Gasteiger partial charge in [0.1, 0.15) is 22.2 Å². The first-order valence-electron chi connectivity index (χ1n) is 10.5. The van der Waals surface area contributed by atoms with Crippen LogP contribution in [0.15, 0.2) is 23.1 Å². The molecule has 2 N–H and O–H groups in total. The van der Waals surface area contributed by atoms with Crippen LogP contribution in [0.2, 0.25) is 5.02 Å². The molecule has 2 amide bonds. The highest BCUT2D eigenvalue weighted by Gasteiger charge is 2.60. The summed E-state index contributed by atoms with van der Waals surface area (Å²) in [6.45, 7) is 1.81. The van der Waals surface area contributed by atoms with Crippen molar-refractivity contribution in [3.63, 3.8) is 0 Å². The first kappa shape index (κ1) is 21.8. The van der Waals surface area contributed by atoms with Gasteiger partial charge in [-0.2, -0.15) is 0 Å². The fraction of sp³-hybridized carbons (Fsp3) is 0.409. The summed E-state index contributed by atoms with van der Waals surface area (Å²) in [6.07, 6.45) is 3.25. The molecular weight excluding hydrogens is 460 g/mol. The van der Waals surface area contributed by atoms with Gasteiger partial charge < -0.3 is 24.6 Å². The van der Waals surface area contributed by atoms with E-state index in [2.05, 4.69) is 5.32 Å². The number of halogens is 3. The number of carbonyl (C=O) groups excluding carboxylic acids is 2. The molecular formula is C22H20ClF2N3O5. The van der Waals surface area contributed by atoms with Crippen molar-refractivity contribution in [2.24, 2.45) is 0 Å². The molecule has 174 valence electrons. The van der Waals surface area contributed by atoms with Crippen molar-refractivity contribution in [2.45, 2.75) is 50.5 Å². The van der Waals surface area contributed by atoms with Gasteiger partial charge in [-0.05, 0) is 32.3 Å². The number of hydrogen-bond acceptors (Lipinski definition) is 5. The Morgan fingerprint density at radius 2 is 2.12 bits per heavy atom. The van der Waals surface area contributed by atoms with Crippen LogP contribution in [-0.4, -0.2) is 44.8 Å². The summed E-state index contributed by atoms with van der Waals surface area (Å²) in [6, 6.07) is 1.50. The number of amides is 2. The average Bonchev–Trinajstić information content (AvgIpc) is 3.36.